The molecule has 10 nitrogen and oxygen atoms in total. The number of nitrogens with zero attached hydrogens (tertiary/aromatic N) is 4. The molecule has 2 amide bonds. The number of benzene rings is 1. The second-order valence-electron chi connectivity index (χ2n) is 11.3. The minimum Gasteiger partial charge on any atom is -0.377 e. The highest BCUT2D eigenvalue weighted by atomic mass is 32.1. The molecule has 2 aromatic rings. The molecule has 1 aromatic heterocycles. The molecule has 0 radical (unpaired) electrons. The van der Waals surface area contributed by atoms with Gasteiger partial charge in [0.2, 0.25) is 5.91 Å². The second kappa shape index (κ2) is 11.6. The summed E-state index contributed by atoms with van der Waals surface area (Å²) in [5.74, 6) is -0.579. The topological polar surface area (TPSA) is 104 Å². The molecule has 0 bridgehead atoms. The largest absolute Gasteiger partial charge is 0.377 e. The Bertz CT molecular complexity index is 1240. The van der Waals surface area contributed by atoms with Gasteiger partial charge in [0, 0.05) is 49.8 Å². The van der Waals surface area contributed by atoms with Crippen molar-refractivity contribution in [1.29, 1.82) is 0 Å². The molecule has 1 saturated carbocycles. The van der Waals surface area contributed by atoms with Gasteiger partial charge in [0.25, 0.3) is 5.91 Å². The number of thiazole rings is 1. The number of hydrogen-bond acceptors (Lipinski definition) is 9. The molecule has 1 N–H and O–H groups in total. The Morgan fingerprint density at radius 2 is 1.85 bits per heavy atom. The number of fused-ring (bicyclic) bond motifs is 1. The highest BCUT2D eigenvalue weighted by Gasteiger charge is 2.54. The van der Waals surface area contributed by atoms with Crippen LogP contribution >= 0.6 is 11.3 Å². The van der Waals surface area contributed by atoms with E-state index in [1.807, 2.05) is 12.1 Å². The van der Waals surface area contributed by atoms with E-state index in [2.05, 4.69) is 27.5 Å². The van der Waals surface area contributed by atoms with E-state index in [1.165, 1.54) is 0 Å². The summed E-state index contributed by atoms with van der Waals surface area (Å²) in [5.41, 5.74) is 2.33. The number of Topliss-reactive ketones (excluding diaryl/α,β-unsaturated/α-hetero) is 1. The number of rotatable bonds is 7. The van der Waals surface area contributed by atoms with Gasteiger partial charge in [-0.15, -0.1) is 11.3 Å². The van der Waals surface area contributed by atoms with E-state index in [4.69, 9.17) is 14.5 Å². The Kier molecular flexibility index (Phi) is 7.89. The van der Waals surface area contributed by atoms with Gasteiger partial charge in [-0.2, -0.15) is 0 Å². The fourth-order valence-corrected chi connectivity index (χ4v) is 7.34. The Hall–Kier alpha value is -2.86. The van der Waals surface area contributed by atoms with Gasteiger partial charge in [0.05, 0.1) is 12.2 Å². The van der Waals surface area contributed by atoms with E-state index >= 15 is 0 Å². The number of methoxy groups -OCH3 is 1. The fourth-order valence-electron chi connectivity index (χ4n) is 6.45. The first kappa shape index (κ1) is 27.3. The normalized spacial score (nSPS) is 26.4. The molecule has 4 heterocycles. The molecule has 3 saturated heterocycles. The number of piperazine rings is 1. The Labute approximate surface area is 238 Å². The first-order valence-electron chi connectivity index (χ1n) is 14.2. The summed E-state index contributed by atoms with van der Waals surface area (Å²) in [6, 6.07) is 6.06. The van der Waals surface area contributed by atoms with Crippen molar-refractivity contribution in [3.63, 3.8) is 0 Å². The van der Waals surface area contributed by atoms with Crippen molar-refractivity contribution in [2.24, 2.45) is 5.92 Å². The van der Waals surface area contributed by atoms with E-state index in [1.54, 1.807) is 35.5 Å². The summed E-state index contributed by atoms with van der Waals surface area (Å²) < 4.78 is 11.2. The van der Waals surface area contributed by atoms with Crippen LogP contribution in [0.25, 0.3) is 11.3 Å². The Balaban J connectivity index is 1.15. The van der Waals surface area contributed by atoms with Crippen LogP contribution in [0.2, 0.25) is 0 Å². The first-order valence-corrected chi connectivity index (χ1v) is 15.1. The van der Waals surface area contributed by atoms with E-state index in [9.17, 15) is 14.4 Å². The van der Waals surface area contributed by atoms with Gasteiger partial charge in [0.1, 0.15) is 30.9 Å². The summed E-state index contributed by atoms with van der Waals surface area (Å²) >= 11 is 1.64. The Morgan fingerprint density at radius 3 is 2.55 bits per heavy atom. The Morgan fingerprint density at radius 1 is 1.12 bits per heavy atom. The number of hydrogen-bond donors (Lipinski definition) is 1. The number of carbonyl (C=O) groups is 3. The van der Waals surface area contributed by atoms with Crippen molar-refractivity contribution in [2.75, 3.05) is 58.4 Å². The van der Waals surface area contributed by atoms with Crippen LogP contribution in [-0.4, -0.2) is 110 Å². The summed E-state index contributed by atoms with van der Waals surface area (Å²) in [4.78, 5) is 50.9. The predicted octanol–water partition coefficient (Wildman–Crippen LogP) is 2.04. The lowest BCUT2D eigenvalue weighted by molar-refractivity contribution is -0.139. The fraction of sp³-hybridized carbons (Fsp3) is 0.586. The molecule has 4 fully saturated rings. The quantitative estimate of drug-likeness (QED) is 0.542. The summed E-state index contributed by atoms with van der Waals surface area (Å²) in [5, 5.41) is 6.12. The summed E-state index contributed by atoms with van der Waals surface area (Å²) in [6.07, 6.45) is 2.99. The van der Waals surface area contributed by atoms with Crippen LogP contribution in [0.1, 0.15) is 36.0 Å². The van der Waals surface area contributed by atoms with Crippen LogP contribution in [0.4, 0.5) is 5.13 Å². The number of likely N-dealkylation sites (N-methyl/N-ethyl adjacent to an activating group) is 1. The molecule has 6 rings (SSSR count). The van der Waals surface area contributed by atoms with Gasteiger partial charge in [-0.25, -0.2) is 4.98 Å². The number of aromatic nitrogens is 1. The smallest absolute Gasteiger partial charge is 0.251 e. The van der Waals surface area contributed by atoms with Crippen molar-refractivity contribution >= 4 is 34.1 Å². The van der Waals surface area contributed by atoms with Crippen LogP contribution in [0, 0.1) is 5.92 Å². The number of nitrogens with one attached hydrogen (secondary N) is 1. The zero-order valence-electron chi connectivity index (χ0n) is 23.1. The zero-order valence-corrected chi connectivity index (χ0v) is 23.9. The van der Waals surface area contributed by atoms with Crippen LogP contribution < -0.4 is 10.2 Å². The third-order valence-electron chi connectivity index (χ3n) is 8.86. The maximum absolute atomic E-state index is 13.9. The van der Waals surface area contributed by atoms with Crippen LogP contribution in [0.5, 0.6) is 0 Å². The van der Waals surface area contributed by atoms with E-state index in [-0.39, 0.29) is 42.8 Å². The van der Waals surface area contributed by atoms with Crippen LogP contribution in [0.15, 0.2) is 29.6 Å². The van der Waals surface area contributed by atoms with Crippen molar-refractivity contribution in [3.8, 4) is 11.3 Å². The molecule has 4 aliphatic rings. The molecule has 214 valence electrons. The third-order valence-corrected chi connectivity index (χ3v) is 9.76. The standard InChI is InChI=1S/C29H37N5O5S/c1-32-11-13-33(14-12-32)29-30-21(17-40-29)18-7-9-20(10-8-18)27(36)31-24(19-5-3-4-6-19)28(37)34-15-23(38-2)26-25(34)22(35)16-39-26/h7-10,17,19,23-26H,3-6,11-16H2,1-2H3,(H,31,36)/t23-,24-,25+,26-/m0/s1. The van der Waals surface area contributed by atoms with Gasteiger partial charge in [0.15, 0.2) is 10.9 Å². The molecule has 3 aliphatic heterocycles. The number of ether oxygens (including phenoxy) is 2. The molecule has 0 unspecified atom stereocenters. The predicted molar refractivity (Wildman–Crippen MR) is 152 cm³/mol. The lowest BCUT2D eigenvalue weighted by Gasteiger charge is -2.32. The molecule has 11 heteroatoms. The number of likely N-dealkylation sites (tertiary alicyclic amines) is 1. The maximum Gasteiger partial charge on any atom is 0.251 e. The molecule has 0 spiro atoms. The average Bonchev–Trinajstić information content (AvgIpc) is 3.78. The van der Waals surface area contributed by atoms with Crippen molar-refractivity contribution in [1.82, 2.24) is 20.1 Å². The lowest BCUT2D eigenvalue weighted by Crippen LogP contribution is -2.54. The molecule has 40 heavy (non-hydrogen) atoms. The number of anilines is 1. The molecule has 4 atom stereocenters. The van der Waals surface area contributed by atoms with Gasteiger partial charge in [-0.05, 0) is 37.9 Å². The van der Waals surface area contributed by atoms with Gasteiger partial charge >= 0.3 is 0 Å². The van der Waals surface area contributed by atoms with E-state index in [0.29, 0.717) is 5.56 Å². The summed E-state index contributed by atoms with van der Waals surface area (Å²) in [6.45, 7) is 4.26. The van der Waals surface area contributed by atoms with Crippen molar-refractivity contribution in [3.05, 3.63) is 35.2 Å². The molecule has 1 aromatic carbocycles. The third kappa shape index (κ3) is 5.27. The van der Waals surface area contributed by atoms with Crippen LogP contribution in [0.3, 0.4) is 0 Å². The SMILES string of the molecule is CO[C@H]1CN(C(=O)[C@@H](NC(=O)c2ccc(-c3csc(N4CCN(C)CC4)n3)cc2)C2CCCC2)[C@@H]2C(=O)CO[C@@H]12. The van der Waals surface area contributed by atoms with E-state index < -0.39 is 18.2 Å². The zero-order chi connectivity index (χ0) is 27.8. The maximum atomic E-state index is 13.9. The minimum absolute atomic E-state index is 0.0123. The van der Waals surface area contributed by atoms with Gasteiger partial charge in [-0.1, -0.05) is 25.0 Å². The molecular weight excluding hydrogens is 530 g/mol. The number of amides is 2. The number of carbonyl (C=O) groups excluding carboxylic acids is 3. The van der Waals surface area contributed by atoms with Gasteiger partial charge in [-0.3, -0.25) is 14.4 Å². The molecular formula is C29H37N5O5S. The highest BCUT2D eigenvalue weighted by Crippen LogP contribution is 2.34. The molecule has 1 aliphatic carbocycles. The highest BCUT2D eigenvalue weighted by molar-refractivity contribution is 7.14. The van der Waals surface area contributed by atoms with Crippen molar-refractivity contribution in [2.45, 2.75) is 50.0 Å². The second-order valence-corrected chi connectivity index (χ2v) is 12.2. The monoisotopic (exact) mass is 567 g/mol. The average molecular weight is 568 g/mol. The van der Waals surface area contributed by atoms with Gasteiger partial charge < -0.3 is 29.5 Å². The lowest BCUT2D eigenvalue weighted by atomic mass is 9.95. The van der Waals surface area contributed by atoms with Crippen molar-refractivity contribution < 1.29 is 23.9 Å². The van der Waals surface area contributed by atoms with Crippen LogP contribution in [-0.2, 0) is 19.1 Å². The van der Waals surface area contributed by atoms with E-state index in [0.717, 1.165) is 68.3 Å². The first-order chi connectivity index (χ1) is 19.4. The number of ketones is 1. The summed E-state index contributed by atoms with van der Waals surface area (Å²) in [7, 11) is 3.71. The minimum atomic E-state index is -0.691.